The molecule has 1 N–H and O–H groups in total. The van der Waals surface area contributed by atoms with Gasteiger partial charge in [0.25, 0.3) is 0 Å². The molecule has 4 heteroatoms. The number of carbonyl (C=O) groups excluding carboxylic acids is 1. The Kier molecular flexibility index (Phi) is 6.42. The van der Waals surface area contributed by atoms with E-state index in [2.05, 4.69) is 35.7 Å². The third-order valence-corrected chi connectivity index (χ3v) is 4.72. The molecule has 0 saturated carbocycles. The Hall–Kier alpha value is -2.88. The highest BCUT2D eigenvalue weighted by atomic mass is 19.1. The number of methoxy groups -OCH3 is 1. The summed E-state index contributed by atoms with van der Waals surface area (Å²) in [6.45, 7) is 0. The number of allylic oxidation sites excluding steroid dienone is 3. The SMILES string of the molecule is COC(=O)C1CC=C(CCCc2ccccc2)C=C1Nc1ccc(F)cc1. The van der Waals surface area contributed by atoms with Crippen molar-refractivity contribution < 1.29 is 13.9 Å². The molecule has 0 aliphatic heterocycles. The molecule has 3 rings (SSSR count). The van der Waals surface area contributed by atoms with Gasteiger partial charge in [0.2, 0.25) is 0 Å². The van der Waals surface area contributed by atoms with Crippen molar-refractivity contribution in [1.29, 1.82) is 0 Å². The molecule has 0 fully saturated rings. The summed E-state index contributed by atoms with van der Waals surface area (Å²) in [4.78, 5) is 12.1. The number of hydrogen-bond donors (Lipinski definition) is 1. The van der Waals surface area contributed by atoms with Gasteiger partial charge in [0.1, 0.15) is 11.7 Å². The lowest BCUT2D eigenvalue weighted by atomic mass is 9.90. The van der Waals surface area contributed by atoms with E-state index in [1.165, 1.54) is 30.4 Å². The number of benzene rings is 2. The summed E-state index contributed by atoms with van der Waals surface area (Å²) in [6, 6.07) is 16.5. The van der Waals surface area contributed by atoms with E-state index in [1.807, 2.05) is 12.1 Å². The van der Waals surface area contributed by atoms with Gasteiger partial charge < -0.3 is 10.1 Å². The molecule has 0 aromatic heterocycles. The average molecular weight is 365 g/mol. The monoisotopic (exact) mass is 365 g/mol. The normalized spacial score (nSPS) is 16.3. The van der Waals surface area contributed by atoms with Crippen LogP contribution in [0.4, 0.5) is 10.1 Å². The minimum Gasteiger partial charge on any atom is -0.468 e. The third-order valence-electron chi connectivity index (χ3n) is 4.72. The number of rotatable bonds is 7. The van der Waals surface area contributed by atoms with Gasteiger partial charge in [-0.05, 0) is 61.6 Å². The van der Waals surface area contributed by atoms with Crippen LogP contribution < -0.4 is 5.32 Å². The van der Waals surface area contributed by atoms with E-state index in [0.29, 0.717) is 6.42 Å². The Morgan fingerprint density at radius 3 is 2.56 bits per heavy atom. The Morgan fingerprint density at radius 1 is 1.11 bits per heavy atom. The number of halogens is 1. The zero-order chi connectivity index (χ0) is 19.1. The lowest BCUT2D eigenvalue weighted by Gasteiger charge is -2.23. The lowest BCUT2D eigenvalue weighted by Crippen LogP contribution is -2.24. The summed E-state index contributed by atoms with van der Waals surface area (Å²) in [7, 11) is 1.40. The molecule has 0 spiro atoms. The number of ether oxygens (including phenoxy) is 1. The fourth-order valence-corrected chi connectivity index (χ4v) is 3.26. The maximum Gasteiger partial charge on any atom is 0.314 e. The van der Waals surface area contributed by atoms with Crippen molar-refractivity contribution in [1.82, 2.24) is 0 Å². The van der Waals surface area contributed by atoms with Gasteiger partial charge in [0.15, 0.2) is 0 Å². The third kappa shape index (κ3) is 5.30. The smallest absolute Gasteiger partial charge is 0.314 e. The van der Waals surface area contributed by atoms with Gasteiger partial charge >= 0.3 is 5.97 Å². The molecule has 2 aromatic carbocycles. The minimum atomic E-state index is -0.363. The number of hydrogen-bond acceptors (Lipinski definition) is 3. The number of esters is 1. The van der Waals surface area contributed by atoms with Crippen LogP contribution in [0.15, 0.2) is 78.0 Å². The van der Waals surface area contributed by atoms with Crippen LogP contribution in [0.3, 0.4) is 0 Å². The molecule has 0 amide bonds. The molecule has 1 atom stereocenters. The van der Waals surface area contributed by atoms with Gasteiger partial charge in [0, 0.05) is 11.4 Å². The largest absolute Gasteiger partial charge is 0.468 e. The molecule has 0 bridgehead atoms. The molecule has 140 valence electrons. The Labute approximate surface area is 159 Å². The van der Waals surface area contributed by atoms with Crippen LogP contribution in [0.2, 0.25) is 0 Å². The Balaban J connectivity index is 1.68. The molecule has 0 radical (unpaired) electrons. The van der Waals surface area contributed by atoms with Crippen LogP contribution in [0, 0.1) is 11.7 Å². The first-order valence-electron chi connectivity index (χ1n) is 9.20. The van der Waals surface area contributed by atoms with Crippen LogP contribution in [0.25, 0.3) is 0 Å². The van der Waals surface area contributed by atoms with Crippen LogP contribution in [-0.2, 0) is 16.0 Å². The topological polar surface area (TPSA) is 38.3 Å². The Morgan fingerprint density at radius 2 is 1.85 bits per heavy atom. The van der Waals surface area contributed by atoms with Crippen LogP contribution in [-0.4, -0.2) is 13.1 Å². The average Bonchev–Trinajstić information content (AvgIpc) is 2.70. The lowest BCUT2D eigenvalue weighted by molar-refractivity contribution is -0.143. The van der Waals surface area contributed by atoms with E-state index < -0.39 is 0 Å². The number of carbonyl (C=O) groups is 1. The second-order valence-electron chi connectivity index (χ2n) is 6.66. The van der Waals surface area contributed by atoms with Crippen LogP contribution in [0.1, 0.15) is 24.8 Å². The van der Waals surface area contributed by atoms with Crippen molar-refractivity contribution in [2.45, 2.75) is 25.7 Å². The van der Waals surface area contributed by atoms with E-state index in [9.17, 15) is 9.18 Å². The number of aryl methyl sites for hydroxylation is 1. The van der Waals surface area contributed by atoms with Crippen molar-refractivity contribution in [2.24, 2.45) is 5.92 Å². The molecule has 1 aliphatic carbocycles. The summed E-state index contributed by atoms with van der Waals surface area (Å²) in [6.07, 6.45) is 7.75. The number of nitrogens with one attached hydrogen (secondary N) is 1. The predicted octanol–water partition coefficient (Wildman–Crippen LogP) is 5.26. The zero-order valence-electron chi connectivity index (χ0n) is 15.5. The first kappa shape index (κ1) is 18.9. The van der Waals surface area contributed by atoms with Gasteiger partial charge in [-0.3, -0.25) is 4.79 Å². The highest BCUT2D eigenvalue weighted by Crippen LogP contribution is 2.29. The second-order valence-corrected chi connectivity index (χ2v) is 6.66. The molecule has 0 heterocycles. The summed E-state index contributed by atoms with van der Waals surface area (Å²) in [5, 5.41) is 3.26. The summed E-state index contributed by atoms with van der Waals surface area (Å²) in [5.74, 6) is -0.919. The highest BCUT2D eigenvalue weighted by Gasteiger charge is 2.26. The van der Waals surface area contributed by atoms with Crippen LogP contribution in [0.5, 0.6) is 0 Å². The van der Waals surface area contributed by atoms with E-state index in [-0.39, 0.29) is 17.7 Å². The van der Waals surface area contributed by atoms with Gasteiger partial charge in [-0.2, -0.15) is 0 Å². The molecule has 3 nitrogen and oxygen atoms in total. The molecule has 1 unspecified atom stereocenters. The Bertz CT molecular complexity index is 825. The zero-order valence-corrected chi connectivity index (χ0v) is 15.5. The van der Waals surface area contributed by atoms with Crippen molar-refractivity contribution in [3.63, 3.8) is 0 Å². The predicted molar refractivity (Wildman–Crippen MR) is 106 cm³/mol. The standard InChI is InChI=1S/C23H24FNO2/c1-27-23(26)21-15-10-18(9-5-8-17-6-3-2-4-7-17)16-22(21)25-20-13-11-19(24)12-14-20/h2-4,6-7,10-14,16,21,25H,5,8-9,15H2,1H3. The van der Waals surface area contributed by atoms with E-state index in [1.54, 1.807) is 12.1 Å². The van der Waals surface area contributed by atoms with Gasteiger partial charge in [-0.1, -0.05) is 42.0 Å². The first-order valence-corrected chi connectivity index (χ1v) is 9.20. The van der Waals surface area contributed by atoms with Crippen molar-refractivity contribution in [2.75, 3.05) is 12.4 Å². The summed E-state index contributed by atoms with van der Waals surface area (Å²) >= 11 is 0. The molecule has 2 aromatic rings. The van der Waals surface area contributed by atoms with Crippen molar-refractivity contribution in [3.8, 4) is 0 Å². The van der Waals surface area contributed by atoms with Gasteiger partial charge in [0.05, 0.1) is 7.11 Å². The van der Waals surface area contributed by atoms with Gasteiger partial charge in [-0.25, -0.2) is 4.39 Å². The summed E-state index contributed by atoms with van der Waals surface area (Å²) < 4.78 is 18.1. The maximum atomic E-state index is 13.1. The second kappa shape index (κ2) is 9.17. The minimum absolute atomic E-state index is 0.268. The van der Waals surface area contributed by atoms with Crippen molar-refractivity contribution >= 4 is 11.7 Å². The quantitative estimate of drug-likeness (QED) is 0.680. The maximum absolute atomic E-state index is 13.1. The highest BCUT2D eigenvalue weighted by molar-refractivity contribution is 5.78. The first-order chi connectivity index (χ1) is 13.2. The summed E-state index contributed by atoms with van der Waals surface area (Å²) in [5.41, 5.74) is 4.08. The van der Waals surface area contributed by atoms with E-state index >= 15 is 0 Å². The fourth-order valence-electron chi connectivity index (χ4n) is 3.26. The van der Waals surface area contributed by atoms with E-state index in [0.717, 1.165) is 30.6 Å². The molecular weight excluding hydrogens is 341 g/mol. The number of anilines is 1. The van der Waals surface area contributed by atoms with E-state index in [4.69, 9.17) is 4.74 Å². The fraction of sp³-hybridized carbons (Fsp3) is 0.261. The molecule has 27 heavy (non-hydrogen) atoms. The molecule has 1 aliphatic rings. The molecular formula is C23H24FNO2. The molecule has 0 saturated heterocycles. The van der Waals surface area contributed by atoms with Crippen LogP contribution >= 0.6 is 0 Å². The van der Waals surface area contributed by atoms with Gasteiger partial charge in [-0.15, -0.1) is 0 Å². The van der Waals surface area contributed by atoms with Crippen molar-refractivity contribution in [3.05, 3.63) is 89.4 Å².